The lowest BCUT2D eigenvalue weighted by Gasteiger charge is -2.27. The van der Waals surface area contributed by atoms with Crippen LogP contribution in [0.15, 0.2) is 34.6 Å². The van der Waals surface area contributed by atoms with Crippen LogP contribution in [0.3, 0.4) is 0 Å². The lowest BCUT2D eigenvalue weighted by atomic mass is 10.0. The van der Waals surface area contributed by atoms with E-state index in [1.807, 2.05) is 0 Å². The maximum atomic E-state index is 13.1. The molecule has 46 heavy (non-hydrogen) atoms. The number of rotatable bonds is 2. The number of aliphatic hydroxyl groups excluding tert-OH is 2. The Balaban J connectivity index is 1.22. The molecule has 246 valence electrons. The van der Waals surface area contributed by atoms with Crippen LogP contribution in [0.4, 0.5) is 5.95 Å². The van der Waals surface area contributed by atoms with Crippen LogP contribution >= 0.6 is 14.5 Å². The number of nitrogens with zero attached hydrogens (tertiary/aromatic N) is 5. The number of hydrogen-bond donors (Lipinski definition) is 7. The van der Waals surface area contributed by atoms with Gasteiger partial charge in [-0.15, -0.1) is 0 Å². The van der Waals surface area contributed by atoms with Gasteiger partial charge in [0, 0.05) is 18.0 Å². The highest BCUT2D eigenvalue weighted by Crippen LogP contribution is 2.54. The van der Waals surface area contributed by atoms with Crippen LogP contribution in [0, 0.1) is 0 Å². The van der Waals surface area contributed by atoms with Crippen molar-refractivity contribution in [2.45, 2.75) is 49.0 Å². The van der Waals surface area contributed by atoms with E-state index in [4.69, 9.17) is 45.1 Å². The van der Waals surface area contributed by atoms with Gasteiger partial charge in [-0.05, 0) is 11.8 Å². The van der Waals surface area contributed by atoms with E-state index in [0.717, 1.165) is 12.7 Å². The van der Waals surface area contributed by atoms with Crippen molar-refractivity contribution in [1.29, 1.82) is 0 Å². The predicted octanol–water partition coefficient (Wildman–Crippen LogP) is -1.77. The summed E-state index contributed by atoms with van der Waals surface area (Å²) in [5.41, 5.74) is 4.60. The van der Waals surface area contributed by atoms with Crippen molar-refractivity contribution < 1.29 is 52.1 Å². The average Bonchev–Trinajstić information content (AvgIpc) is 3.64. The number of anilines is 1. The summed E-state index contributed by atoms with van der Waals surface area (Å²) in [5.74, 6) is -0.250. The predicted molar refractivity (Wildman–Crippen MR) is 154 cm³/mol. The molecule has 0 saturated carbocycles. The van der Waals surface area contributed by atoms with Crippen molar-refractivity contribution in [3.63, 3.8) is 0 Å². The number of aromatic nitrogens is 7. The first-order chi connectivity index (χ1) is 21.8. The van der Waals surface area contributed by atoms with Gasteiger partial charge in [-0.3, -0.25) is 37.7 Å². The summed E-state index contributed by atoms with van der Waals surface area (Å²) in [7, 11) is -5.04. The Kier molecular flexibility index (Phi) is 7.92. The van der Waals surface area contributed by atoms with E-state index >= 15 is 0 Å². The Bertz CT molecular complexity index is 2040. The van der Waals surface area contributed by atoms with Gasteiger partial charge in [-0.25, -0.2) is 14.5 Å². The number of phosphoric acid groups is 1. The quantitative estimate of drug-likeness (QED) is 0.114. The van der Waals surface area contributed by atoms with Gasteiger partial charge in [0.2, 0.25) is 5.95 Å². The maximum Gasteiger partial charge on any atom is 0.472 e. The molecule has 24 heteroatoms. The molecular weight excluding hydrogens is 678 g/mol. The van der Waals surface area contributed by atoms with Crippen LogP contribution in [-0.2, 0) is 43.9 Å². The molecular formula is C22H24N8O13P2S. The molecule has 3 saturated heterocycles. The fraction of sp³-hybridized carbons (Fsp3) is 0.455. The average molecular weight is 702 g/mol. The number of nitrogens with two attached hydrogens (primary N) is 1. The van der Waals surface area contributed by atoms with E-state index in [-0.39, 0.29) is 33.6 Å². The molecule has 6 unspecified atom stereocenters. The standard InChI is InChI=1S/C22H24N8O13P2S/c23-22-28-18-12(20(34)29-22)27-6-30(18)21-17-13(31)9(41-21)3-38-44(35,36)42-16-10(4-39-45(37,46)43-17)40-15(14(16)32)7-1-24-2-8-11(7)25-5-26-19(8)33/h1-2,5-6,9-10,13-17,21,31-32H,3-4H2,(H,35,36)(H,37,46)(H,25,26,33)(H3,23,28,29,34)/t9-,10-,13?,14?,15+,16?,17?,21-,45?/m1/s1. The third-order valence-electron chi connectivity index (χ3n) is 7.57. The first-order valence-corrected chi connectivity index (χ1v) is 17.4. The number of aromatic amines is 2. The number of nitrogen functional groups attached to an aromatic ring is 1. The molecule has 0 spiro atoms. The molecule has 21 nitrogen and oxygen atoms in total. The first kappa shape index (κ1) is 31.5. The van der Waals surface area contributed by atoms with Gasteiger partial charge in [0.05, 0.1) is 36.8 Å². The first-order valence-electron chi connectivity index (χ1n) is 13.3. The van der Waals surface area contributed by atoms with Gasteiger partial charge in [0.25, 0.3) is 11.1 Å². The van der Waals surface area contributed by atoms with E-state index in [0.29, 0.717) is 0 Å². The molecule has 0 radical (unpaired) electrons. The second-order valence-corrected chi connectivity index (χ2v) is 14.6. The van der Waals surface area contributed by atoms with E-state index < -0.39 is 87.8 Å². The highest BCUT2D eigenvalue weighted by atomic mass is 32.5. The molecule has 7 heterocycles. The highest BCUT2D eigenvalue weighted by Gasteiger charge is 2.53. The van der Waals surface area contributed by atoms with Crippen LogP contribution in [0.5, 0.6) is 0 Å². The number of phosphoric ester groups is 1. The van der Waals surface area contributed by atoms with Gasteiger partial charge in [0.15, 0.2) is 17.4 Å². The molecule has 10 atom stereocenters. The Morgan fingerprint density at radius 1 is 0.978 bits per heavy atom. The summed E-state index contributed by atoms with van der Waals surface area (Å²) in [5, 5.41) is 22.4. The van der Waals surface area contributed by atoms with E-state index in [1.54, 1.807) is 0 Å². The molecule has 0 aliphatic carbocycles. The number of aliphatic hydroxyl groups is 2. The number of nitrogens with one attached hydrogen (secondary N) is 2. The van der Waals surface area contributed by atoms with Crippen LogP contribution in [0.1, 0.15) is 17.9 Å². The number of H-pyrrole nitrogens is 2. The molecule has 0 amide bonds. The molecule has 0 aromatic carbocycles. The molecule has 3 fully saturated rings. The zero-order valence-electron chi connectivity index (χ0n) is 22.9. The smallest absolute Gasteiger partial charge is 0.387 e. The Morgan fingerprint density at radius 2 is 1.76 bits per heavy atom. The third kappa shape index (κ3) is 5.60. The normalized spacial score (nSPS) is 37.0. The van der Waals surface area contributed by atoms with Crippen molar-refractivity contribution in [3.05, 3.63) is 51.3 Å². The molecule has 7 rings (SSSR count). The number of fused-ring (bicyclic) bond motifs is 5. The minimum atomic E-state index is -5.04. The van der Waals surface area contributed by atoms with Crippen molar-refractivity contribution in [2.24, 2.45) is 0 Å². The fourth-order valence-corrected chi connectivity index (χ4v) is 7.89. The summed E-state index contributed by atoms with van der Waals surface area (Å²) in [6, 6.07) is 0. The monoisotopic (exact) mass is 702 g/mol. The van der Waals surface area contributed by atoms with Crippen LogP contribution in [0.25, 0.3) is 22.1 Å². The van der Waals surface area contributed by atoms with Gasteiger partial charge >= 0.3 is 14.5 Å². The van der Waals surface area contributed by atoms with Crippen molar-refractivity contribution in [3.8, 4) is 0 Å². The Hall–Kier alpha value is -3.08. The van der Waals surface area contributed by atoms with Crippen LogP contribution in [0.2, 0.25) is 0 Å². The summed E-state index contributed by atoms with van der Waals surface area (Å²) < 4.78 is 47.8. The Morgan fingerprint density at radius 3 is 2.57 bits per heavy atom. The van der Waals surface area contributed by atoms with Crippen LogP contribution < -0.4 is 16.9 Å². The fourth-order valence-electron chi connectivity index (χ4n) is 5.51. The van der Waals surface area contributed by atoms with Gasteiger partial charge in [-0.1, -0.05) is 0 Å². The minimum absolute atomic E-state index is 0.0697. The van der Waals surface area contributed by atoms with Gasteiger partial charge in [-0.2, -0.15) is 4.98 Å². The number of imidazole rings is 1. The topological polar surface area (TPSA) is 302 Å². The highest BCUT2D eigenvalue weighted by molar-refractivity contribution is 8.07. The largest absolute Gasteiger partial charge is 0.472 e. The SMILES string of the molecule is Nc1nc2c(ncn2[C@@H]2O[C@@H]3COP(=O)(O)OC4C(O)[C@H](c5cncc6c(=O)[nH]cnc56)O[C@@H]4COP(O)(=S)OC2C3O)c(=O)[nH]1. The molecule has 3 aliphatic rings. The molecule has 8 N–H and O–H groups in total. The second kappa shape index (κ2) is 11.6. The van der Waals surface area contributed by atoms with Gasteiger partial charge in [0.1, 0.15) is 42.7 Å². The number of hydrogen-bond acceptors (Lipinski definition) is 17. The zero-order chi connectivity index (χ0) is 32.5. The lowest BCUT2D eigenvalue weighted by molar-refractivity contribution is -0.0607. The third-order valence-corrected chi connectivity index (χ3v) is 10.1. The summed E-state index contributed by atoms with van der Waals surface area (Å²) in [4.78, 5) is 67.3. The van der Waals surface area contributed by atoms with Crippen molar-refractivity contribution in [1.82, 2.24) is 34.5 Å². The molecule has 2 bridgehead atoms. The lowest BCUT2D eigenvalue weighted by Crippen LogP contribution is -2.36. The van der Waals surface area contributed by atoms with E-state index in [2.05, 4.69) is 29.9 Å². The molecule has 3 aliphatic heterocycles. The van der Waals surface area contributed by atoms with Crippen LogP contribution in [-0.4, -0.2) is 104 Å². The number of ether oxygens (including phenoxy) is 2. The van der Waals surface area contributed by atoms with Gasteiger partial charge < -0.3 is 44.7 Å². The Labute approximate surface area is 260 Å². The van der Waals surface area contributed by atoms with E-state index in [1.165, 1.54) is 17.0 Å². The summed E-state index contributed by atoms with van der Waals surface area (Å²) >= 11 is 5.22. The zero-order valence-corrected chi connectivity index (χ0v) is 25.5. The minimum Gasteiger partial charge on any atom is -0.387 e. The maximum absolute atomic E-state index is 13.1. The summed E-state index contributed by atoms with van der Waals surface area (Å²) in [6.07, 6.45) is -7.06. The van der Waals surface area contributed by atoms with Crippen molar-refractivity contribution >= 4 is 54.4 Å². The molecule has 4 aromatic heterocycles. The van der Waals surface area contributed by atoms with Crippen molar-refractivity contribution in [2.75, 3.05) is 18.9 Å². The second-order valence-electron chi connectivity index (χ2n) is 10.4. The van der Waals surface area contributed by atoms with E-state index in [9.17, 15) is 34.2 Å². The summed E-state index contributed by atoms with van der Waals surface area (Å²) in [6.45, 7) is -5.72. The molecule has 4 aromatic rings. The number of pyridine rings is 1.